The van der Waals surface area contributed by atoms with E-state index >= 15 is 0 Å². The third kappa shape index (κ3) is 2.38. The van der Waals surface area contributed by atoms with Crippen LogP contribution in [0.4, 0.5) is 5.69 Å². The Bertz CT molecular complexity index is 328. The fourth-order valence-electron chi connectivity index (χ4n) is 1.17. The van der Waals surface area contributed by atoms with Crippen molar-refractivity contribution in [3.05, 3.63) is 23.8 Å². The number of unbranched alkanes of at least 4 members (excludes halogenated alkanes) is 1. The van der Waals surface area contributed by atoms with Gasteiger partial charge in [-0.15, -0.1) is 0 Å². The van der Waals surface area contributed by atoms with Gasteiger partial charge in [-0.2, -0.15) is 5.26 Å². The molecule has 0 aromatic heterocycles. The summed E-state index contributed by atoms with van der Waals surface area (Å²) in [5, 5.41) is 17.8. The van der Waals surface area contributed by atoms with Crippen molar-refractivity contribution in [2.24, 2.45) is 0 Å². The molecule has 1 aromatic rings. The Hall–Kier alpha value is -1.69. The van der Waals surface area contributed by atoms with Gasteiger partial charge in [0.25, 0.3) is 0 Å². The van der Waals surface area contributed by atoms with Gasteiger partial charge in [0.2, 0.25) is 0 Å². The number of para-hydroxylation sites is 1. The largest absolute Gasteiger partial charge is 0.506 e. The van der Waals surface area contributed by atoms with Crippen LogP contribution in [0.1, 0.15) is 18.4 Å². The van der Waals surface area contributed by atoms with Gasteiger partial charge in [0.15, 0.2) is 0 Å². The molecule has 3 heteroatoms. The molecule has 0 saturated heterocycles. The third-order valence-electron chi connectivity index (χ3n) is 1.89. The molecule has 0 spiro atoms. The number of aryl methyl sites for hydroxylation is 1. The lowest BCUT2D eigenvalue weighted by Crippen LogP contribution is -1.91. The Kier molecular flexibility index (Phi) is 3.15. The number of hydrogen-bond donors (Lipinski definition) is 2. The number of benzene rings is 1. The van der Waals surface area contributed by atoms with Crippen molar-refractivity contribution in [1.82, 2.24) is 0 Å². The van der Waals surface area contributed by atoms with Gasteiger partial charge < -0.3 is 10.8 Å². The maximum atomic E-state index is 9.49. The molecule has 3 nitrogen and oxygen atoms in total. The van der Waals surface area contributed by atoms with Gasteiger partial charge >= 0.3 is 0 Å². The van der Waals surface area contributed by atoms with Crippen molar-refractivity contribution in [3.63, 3.8) is 0 Å². The first-order chi connectivity index (χ1) is 6.25. The summed E-state index contributed by atoms with van der Waals surface area (Å²) in [6, 6.07) is 7.34. The molecule has 0 saturated carbocycles. The summed E-state index contributed by atoms with van der Waals surface area (Å²) >= 11 is 0. The van der Waals surface area contributed by atoms with E-state index in [1.165, 1.54) is 0 Å². The summed E-state index contributed by atoms with van der Waals surface area (Å²) in [6.45, 7) is 0. The minimum Gasteiger partial charge on any atom is -0.506 e. The number of hydrogen-bond acceptors (Lipinski definition) is 3. The lowest BCUT2D eigenvalue weighted by Gasteiger charge is -2.04. The van der Waals surface area contributed by atoms with Crippen LogP contribution in [0.2, 0.25) is 0 Å². The molecule has 0 aliphatic heterocycles. The second kappa shape index (κ2) is 4.36. The van der Waals surface area contributed by atoms with E-state index in [1.807, 2.05) is 6.07 Å². The Morgan fingerprint density at radius 1 is 1.46 bits per heavy atom. The van der Waals surface area contributed by atoms with E-state index in [9.17, 15) is 5.11 Å². The molecule has 68 valence electrons. The summed E-state index contributed by atoms with van der Waals surface area (Å²) in [6.07, 6.45) is 1.96. The normalized spacial score (nSPS) is 9.46. The van der Waals surface area contributed by atoms with E-state index in [2.05, 4.69) is 6.07 Å². The molecule has 1 aromatic carbocycles. The summed E-state index contributed by atoms with van der Waals surface area (Å²) in [7, 11) is 0. The van der Waals surface area contributed by atoms with Crippen LogP contribution in [0.3, 0.4) is 0 Å². The van der Waals surface area contributed by atoms with Crippen molar-refractivity contribution in [3.8, 4) is 11.8 Å². The molecule has 0 heterocycles. The molecule has 0 unspecified atom stereocenters. The number of phenols is 1. The fourth-order valence-corrected chi connectivity index (χ4v) is 1.17. The number of nitriles is 1. The second-order valence-corrected chi connectivity index (χ2v) is 2.87. The molecule has 0 atom stereocenters. The highest BCUT2D eigenvalue weighted by Crippen LogP contribution is 2.25. The second-order valence-electron chi connectivity index (χ2n) is 2.87. The van der Waals surface area contributed by atoms with Crippen LogP contribution in [0.5, 0.6) is 5.75 Å². The lowest BCUT2D eigenvalue weighted by molar-refractivity contribution is 0.470. The lowest BCUT2D eigenvalue weighted by atomic mass is 10.1. The number of anilines is 1. The van der Waals surface area contributed by atoms with Crippen LogP contribution in [-0.4, -0.2) is 5.11 Å². The van der Waals surface area contributed by atoms with E-state index in [-0.39, 0.29) is 5.75 Å². The molecular formula is C10H12N2O. The minimum absolute atomic E-state index is 0.153. The summed E-state index contributed by atoms with van der Waals surface area (Å²) in [4.78, 5) is 0. The van der Waals surface area contributed by atoms with E-state index in [0.29, 0.717) is 18.5 Å². The van der Waals surface area contributed by atoms with Gasteiger partial charge in [0, 0.05) is 6.42 Å². The zero-order valence-electron chi connectivity index (χ0n) is 7.33. The van der Waals surface area contributed by atoms with Gasteiger partial charge in [0.1, 0.15) is 5.75 Å². The maximum Gasteiger partial charge on any atom is 0.141 e. The van der Waals surface area contributed by atoms with Crippen molar-refractivity contribution < 1.29 is 5.11 Å². The predicted octanol–water partition coefficient (Wildman–Crippen LogP) is 1.82. The number of aromatic hydroxyl groups is 1. The standard InChI is InChI=1S/C10H12N2O/c11-7-2-1-4-8-5-3-6-9(12)10(8)13/h3,5-6,13H,1-2,4,12H2. The highest BCUT2D eigenvalue weighted by Gasteiger charge is 2.02. The Balaban J connectivity index is 2.67. The van der Waals surface area contributed by atoms with Crippen molar-refractivity contribution >= 4 is 5.69 Å². The number of rotatable bonds is 3. The first-order valence-corrected chi connectivity index (χ1v) is 4.19. The highest BCUT2D eigenvalue weighted by molar-refractivity contribution is 5.55. The van der Waals surface area contributed by atoms with Gasteiger partial charge in [-0.25, -0.2) is 0 Å². The molecule has 0 aliphatic carbocycles. The maximum absolute atomic E-state index is 9.49. The number of nitrogens with zero attached hydrogens (tertiary/aromatic N) is 1. The van der Waals surface area contributed by atoms with Gasteiger partial charge in [-0.05, 0) is 24.5 Å². The minimum atomic E-state index is 0.153. The van der Waals surface area contributed by atoms with Gasteiger partial charge in [-0.1, -0.05) is 12.1 Å². The van der Waals surface area contributed by atoms with Crippen molar-refractivity contribution in [1.29, 1.82) is 5.26 Å². The SMILES string of the molecule is N#CCCCc1cccc(N)c1O. The molecule has 0 amide bonds. The average molecular weight is 176 g/mol. The highest BCUT2D eigenvalue weighted by atomic mass is 16.3. The van der Waals surface area contributed by atoms with Crippen LogP contribution in [0.25, 0.3) is 0 Å². The average Bonchev–Trinajstić information content (AvgIpc) is 2.13. The van der Waals surface area contributed by atoms with E-state index < -0.39 is 0 Å². The fraction of sp³-hybridized carbons (Fsp3) is 0.300. The Morgan fingerprint density at radius 2 is 2.23 bits per heavy atom. The van der Waals surface area contributed by atoms with Crippen LogP contribution in [-0.2, 0) is 6.42 Å². The molecule has 0 fully saturated rings. The topological polar surface area (TPSA) is 70.0 Å². The summed E-state index contributed by atoms with van der Waals surface area (Å²) in [5.74, 6) is 0.153. The molecule has 0 aliphatic rings. The first kappa shape index (κ1) is 9.40. The zero-order chi connectivity index (χ0) is 9.68. The number of nitrogen functional groups attached to an aromatic ring is 1. The predicted molar refractivity (Wildman–Crippen MR) is 51.1 cm³/mol. The molecule has 13 heavy (non-hydrogen) atoms. The zero-order valence-corrected chi connectivity index (χ0v) is 7.33. The van der Waals surface area contributed by atoms with Crippen LogP contribution in [0.15, 0.2) is 18.2 Å². The quantitative estimate of drug-likeness (QED) is 0.419. The van der Waals surface area contributed by atoms with E-state index in [0.717, 1.165) is 12.0 Å². The van der Waals surface area contributed by atoms with E-state index in [4.69, 9.17) is 11.0 Å². The van der Waals surface area contributed by atoms with Crippen molar-refractivity contribution in [2.75, 3.05) is 5.73 Å². The van der Waals surface area contributed by atoms with Gasteiger partial charge in [-0.3, -0.25) is 0 Å². The smallest absolute Gasteiger partial charge is 0.141 e. The Labute approximate surface area is 77.4 Å². The third-order valence-corrected chi connectivity index (χ3v) is 1.89. The van der Waals surface area contributed by atoms with Gasteiger partial charge in [0.05, 0.1) is 11.8 Å². The molecule has 3 N–H and O–H groups in total. The van der Waals surface area contributed by atoms with Crippen LogP contribution >= 0.6 is 0 Å². The molecule has 0 bridgehead atoms. The monoisotopic (exact) mass is 176 g/mol. The van der Waals surface area contributed by atoms with Crippen molar-refractivity contribution in [2.45, 2.75) is 19.3 Å². The number of nitrogens with two attached hydrogens (primary N) is 1. The number of phenolic OH excluding ortho intramolecular Hbond substituents is 1. The molecular weight excluding hydrogens is 164 g/mol. The van der Waals surface area contributed by atoms with Crippen LogP contribution < -0.4 is 5.73 Å². The summed E-state index contributed by atoms with van der Waals surface area (Å²) in [5.41, 5.74) is 6.72. The Morgan fingerprint density at radius 3 is 2.92 bits per heavy atom. The molecule has 0 radical (unpaired) electrons. The summed E-state index contributed by atoms with van der Waals surface area (Å²) < 4.78 is 0. The van der Waals surface area contributed by atoms with E-state index in [1.54, 1.807) is 12.1 Å². The first-order valence-electron chi connectivity index (χ1n) is 4.19. The molecule has 1 rings (SSSR count). The van der Waals surface area contributed by atoms with Crippen LogP contribution in [0, 0.1) is 11.3 Å².